The van der Waals surface area contributed by atoms with Crippen LogP contribution < -0.4 is 4.90 Å². The molecule has 1 aromatic carbocycles. The van der Waals surface area contributed by atoms with Crippen LogP contribution >= 0.6 is 0 Å². The van der Waals surface area contributed by atoms with Gasteiger partial charge in [-0.05, 0) is 31.9 Å². The van der Waals surface area contributed by atoms with E-state index in [1.54, 1.807) is 6.92 Å². The number of anilines is 1. The molecule has 1 unspecified atom stereocenters. The number of carbonyl (C=O) groups is 1. The van der Waals surface area contributed by atoms with Gasteiger partial charge in [0.25, 0.3) is 0 Å². The SMILES string of the molecule is CCC(C)N(C(C)=O)c1ccccc1C. The second kappa shape index (κ2) is 4.96. The van der Waals surface area contributed by atoms with Crippen molar-refractivity contribution in [3.63, 3.8) is 0 Å². The maximum Gasteiger partial charge on any atom is 0.224 e. The summed E-state index contributed by atoms with van der Waals surface area (Å²) in [4.78, 5) is 13.5. The smallest absolute Gasteiger partial charge is 0.224 e. The summed E-state index contributed by atoms with van der Waals surface area (Å²) in [5, 5.41) is 0. The first-order chi connectivity index (χ1) is 7.07. The molecule has 0 spiro atoms. The Morgan fingerprint density at radius 2 is 2.00 bits per heavy atom. The molecule has 2 nitrogen and oxygen atoms in total. The Morgan fingerprint density at radius 1 is 1.40 bits per heavy atom. The van der Waals surface area contributed by atoms with Crippen molar-refractivity contribution in [2.45, 2.75) is 40.2 Å². The van der Waals surface area contributed by atoms with Crippen LogP contribution in [0.25, 0.3) is 0 Å². The van der Waals surface area contributed by atoms with E-state index in [-0.39, 0.29) is 11.9 Å². The van der Waals surface area contributed by atoms with Gasteiger partial charge in [-0.25, -0.2) is 0 Å². The Balaban J connectivity index is 3.10. The zero-order valence-corrected chi connectivity index (χ0v) is 9.95. The normalized spacial score (nSPS) is 12.3. The maximum atomic E-state index is 11.6. The monoisotopic (exact) mass is 205 g/mol. The van der Waals surface area contributed by atoms with Crippen molar-refractivity contribution in [3.05, 3.63) is 29.8 Å². The van der Waals surface area contributed by atoms with Gasteiger partial charge in [0.1, 0.15) is 0 Å². The topological polar surface area (TPSA) is 20.3 Å². The van der Waals surface area contributed by atoms with Crippen molar-refractivity contribution in [1.82, 2.24) is 0 Å². The number of rotatable bonds is 3. The van der Waals surface area contributed by atoms with Crippen LogP contribution in [-0.2, 0) is 4.79 Å². The van der Waals surface area contributed by atoms with Crippen molar-refractivity contribution >= 4 is 11.6 Å². The first-order valence-electron chi connectivity index (χ1n) is 5.43. The number of para-hydroxylation sites is 1. The fraction of sp³-hybridized carbons (Fsp3) is 0.462. The van der Waals surface area contributed by atoms with Gasteiger partial charge >= 0.3 is 0 Å². The quantitative estimate of drug-likeness (QED) is 0.742. The molecular formula is C13H19NO. The van der Waals surface area contributed by atoms with Crippen LogP contribution in [0, 0.1) is 6.92 Å². The van der Waals surface area contributed by atoms with Crippen LogP contribution in [0.1, 0.15) is 32.8 Å². The van der Waals surface area contributed by atoms with E-state index >= 15 is 0 Å². The standard InChI is InChI=1S/C13H19NO/c1-5-11(3)14(12(4)15)13-9-7-6-8-10(13)2/h6-9,11H,5H2,1-4H3. The third-order valence-corrected chi connectivity index (χ3v) is 2.75. The van der Waals surface area contributed by atoms with Crippen LogP contribution in [0.2, 0.25) is 0 Å². The highest BCUT2D eigenvalue weighted by molar-refractivity contribution is 5.92. The molecule has 82 valence electrons. The summed E-state index contributed by atoms with van der Waals surface area (Å²) in [6.07, 6.45) is 0.966. The number of benzene rings is 1. The zero-order valence-electron chi connectivity index (χ0n) is 9.95. The van der Waals surface area contributed by atoms with Crippen LogP contribution in [0.4, 0.5) is 5.69 Å². The molecule has 0 aliphatic carbocycles. The average Bonchev–Trinajstić information content (AvgIpc) is 2.20. The highest BCUT2D eigenvalue weighted by Crippen LogP contribution is 2.22. The molecule has 15 heavy (non-hydrogen) atoms. The second-order valence-electron chi connectivity index (χ2n) is 3.93. The molecule has 0 N–H and O–H groups in total. The molecule has 0 radical (unpaired) electrons. The third kappa shape index (κ3) is 2.58. The van der Waals surface area contributed by atoms with Crippen molar-refractivity contribution < 1.29 is 4.79 Å². The predicted molar refractivity (Wildman–Crippen MR) is 64.1 cm³/mol. The molecule has 0 fully saturated rings. The molecule has 2 heteroatoms. The lowest BCUT2D eigenvalue weighted by atomic mass is 10.1. The molecule has 0 bridgehead atoms. The third-order valence-electron chi connectivity index (χ3n) is 2.75. The Kier molecular flexibility index (Phi) is 3.89. The summed E-state index contributed by atoms with van der Waals surface area (Å²) in [5.41, 5.74) is 2.17. The van der Waals surface area contributed by atoms with E-state index in [1.165, 1.54) is 0 Å². The largest absolute Gasteiger partial charge is 0.310 e. The zero-order chi connectivity index (χ0) is 11.4. The highest BCUT2D eigenvalue weighted by atomic mass is 16.2. The molecule has 1 amide bonds. The van der Waals surface area contributed by atoms with Crippen molar-refractivity contribution in [1.29, 1.82) is 0 Å². The molecule has 1 aromatic rings. The maximum absolute atomic E-state index is 11.6. The first kappa shape index (κ1) is 11.8. The number of hydrogen-bond donors (Lipinski definition) is 0. The number of carbonyl (C=O) groups excluding carboxylic acids is 1. The second-order valence-corrected chi connectivity index (χ2v) is 3.93. The van der Waals surface area contributed by atoms with Crippen LogP contribution in [0.15, 0.2) is 24.3 Å². The number of nitrogens with zero attached hydrogens (tertiary/aromatic N) is 1. The summed E-state index contributed by atoms with van der Waals surface area (Å²) in [7, 11) is 0. The van der Waals surface area contributed by atoms with Crippen molar-refractivity contribution in [2.24, 2.45) is 0 Å². The highest BCUT2D eigenvalue weighted by Gasteiger charge is 2.18. The lowest BCUT2D eigenvalue weighted by Crippen LogP contribution is -2.37. The molecule has 0 aromatic heterocycles. The van der Waals surface area contributed by atoms with E-state index in [2.05, 4.69) is 13.8 Å². The molecule has 1 rings (SSSR count). The van der Waals surface area contributed by atoms with E-state index < -0.39 is 0 Å². The molecule has 0 heterocycles. The number of amides is 1. The average molecular weight is 205 g/mol. The van der Waals surface area contributed by atoms with Crippen molar-refractivity contribution in [3.8, 4) is 0 Å². The van der Waals surface area contributed by atoms with Gasteiger partial charge in [0.2, 0.25) is 5.91 Å². The van der Waals surface area contributed by atoms with E-state index in [0.29, 0.717) is 0 Å². The van der Waals surface area contributed by atoms with E-state index in [0.717, 1.165) is 17.7 Å². The van der Waals surface area contributed by atoms with Gasteiger partial charge < -0.3 is 4.90 Å². The lowest BCUT2D eigenvalue weighted by Gasteiger charge is -2.28. The van der Waals surface area contributed by atoms with Gasteiger partial charge in [-0.1, -0.05) is 25.1 Å². The van der Waals surface area contributed by atoms with Crippen molar-refractivity contribution in [2.75, 3.05) is 4.90 Å². The van der Waals surface area contributed by atoms with E-state index in [9.17, 15) is 4.79 Å². The minimum Gasteiger partial charge on any atom is -0.310 e. The summed E-state index contributed by atoms with van der Waals surface area (Å²) >= 11 is 0. The van der Waals surface area contributed by atoms with Gasteiger partial charge in [-0.3, -0.25) is 4.79 Å². The Morgan fingerprint density at radius 3 is 2.47 bits per heavy atom. The fourth-order valence-electron chi connectivity index (χ4n) is 1.73. The first-order valence-corrected chi connectivity index (χ1v) is 5.43. The Bertz CT molecular complexity index is 346. The van der Waals surface area contributed by atoms with E-state index in [4.69, 9.17) is 0 Å². The summed E-state index contributed by atoms with van der Waals surface area (Å²) in [5.74, 6) is 0.110. The Labute approximate surface area is 91.9 Å². The summed E-state index contributed by atoms with van der Waals surface area (Å²) < 4.78 is 0. The molecule has 0 saturated heterocycles. The Hall–Kier alpha value is -1.31. The van der Waals surface area contributed by atoms with Crippen LogP contribution in [0.3, 0.4) is 0 Å². The molecular weight excluding hydrogens is 186 g/mol. The van der Waals surface area contributed by atoms with Gasteiger partial charge in [-0.2, -0.15) is 0 Å². The van der Waals surface area contributed by atoms with Gasteiger partial charge in [-0.15, -0.1) is 0 Å². The summed E-state index contributed by atoms with van der Waals surface area (Å²) in [6, 6.07) is 8.26. The van der Waals surface area contributed by atoms with Crippen LogP contribution in [-0.4, -0.2) is 11.9 Å². The molecule has 0 aliphatic rings. The van der Waals surface area contributed by atoms with Crippen LogP contribution in [0.5, 0.6) is 0 Å². The van der Waals surface area contributed by atoms with Gasteiger partial charge in [0, 0.05) is 18.7 Å². The van der Waals surface area contributed by atoms with Gasteiger partial charge in [0.15, 0.2) is 0 Å². The molecule has 1 atom stereocenters. The molecule has 0 saturated carbocycles. The number of aryl methyl sites for hydroxylation is 1. The fourth-order valence-corrected chi connectivity index (χ4v) is 1.73. The predicted octanol–water partition coefficient (Wildman–Crippen LogP) is 3.15. The summed E-state index contributed by atoms with van der Waals surface area (Å²) in [6.45, 7) is 7.83. The van der Waals surface area contributed by atoms with Gasteiger partial charge in [0.05, 0.1) is 0 Å². The van der Waals surface area contributed by atoms with E-state index in [1.807, 2.05) is 36.1 Å². The number of hydrogen-bond acceptors (Lipinski definition) is 1. The minimum atomic E-state index is 0.110. The minimum absolute atomic E-state index is 0.110. The lowest BCUT2D eigenvalue weighted by molar-refractivity contribution is -0.117. The molecule has 0 aliphatic heterocycles.